The van der Waals surface area contributed by atoms with Crippen LogP contribution < -0.4 is 0 Å². The van der Waals surface area contributed by atoms with Gasteiger partial charge in [0.05, 0.1) is 13.5 Å². The van der Waals surface area contributed by atoms with Crippen LogP contribution in [0.25, 0.3) is 0 Å². The first kappa shape index (κ1) is 12.5. The van der Waals surface area contributed by atoms with Gasteiger partial charge in [-0.25, -0.2) is 0 Å². The number of rotatable bonds is 3. The summed E-state index contributed by atoms with van der Waals surface area (Å²) in [6.45, 7) is 6.58. The number of ether oxygens (including phenoxy) is 1. The molecular weight excluding hydrogens is 190 g/mol. The van der Waals surface area contributed by atoms with E-state index in [9.17, 15) is 4.79 Å². The van der Waals surface area contributed by atoms with Crippen molar-refractivity contribution in [3.05, 3.63) is 0 Å². The van der Waals surface area contributed by atoms with Crippen LogP contribution in [0.3, 0.4) is 0 Å². The Kier molecular flexibility index (Phi) is 4.14. The molecular formula is C12H23NO2. The number of likely N-dealkylation sites (tertiary alicyclic amines) is 1. The Bertz CT molecular complexity index is 228. The van der Waals surface area contributed by atoms with Crippen LogP contribution in [0.15, 0.2) is 0 Å². The maximum absolute atomic E-state index is 11.5. The molecule has 0 aliphatic carbocycles. The summed E-state index contributed by atoms with van der Waals surface area (Å²) in [5.74, 6) is 0.457. The van der Waals surface area contributed by atoms with Gasteiger partial charge in [0, 0.05) is 6.54 Å². The van der Waals surface area contributed by atoms with Gasteiger partial charge in [0.15, 0.2) is 0 Å². The first-order valence-electron chi connectivity index (χ1n) is 5.75. The molecule has 0 spiro atoms. The van der Waals surface area contributed by atoms with Gasteiger partial charge in [-0.2, -0.15) is 0 Å². The third-order valence-corrected chi connectivity index (χ3v) is 3.75. The number of carbonyl (C=O) groups is 1. The highest BCUT2D eigenvalue weighted by Gasteiger charge is 2.39. The molecule has 0 saturated carbocycles. The fraction of sp³-hybridized carbons (Fsp3) is 0.917. The van der Waals surface area contributed by atoms with Crippen LogP contribution in [-0.2, 0) is 9.53 Å². The van der Waals surface area contributed by atoms with E-state index in [1.54, 1.807) is 0 Å². The van der Waals surface area contributed by atoms with Crippen molar-refractivity contribution < 1.29 is 9.53 Å². The van der Waals surface area contributed by atoms with Crippen molar-refractivity contribution >= 4 is 5.97 Å². The van der Waals surface area contributed by atoms with E-state index in [1.165, 1.54) is 13.5 Å². The second kappa shape index (κ2) is 4.97. The predicted molar refractivity (Wildman–Crippen MR) is 60.6 cm³/mol. The number of hydrogen-bond donors (Lipinski definition) is 0. The summed E-state index contributed by atoms with van der Waals surface area (Å²) in [5.41, 5.74) is 0.125. The Labute approximate surface area is 92.8 Å². The average molecular weight is 213 g/mol. The molecule has 0 N–H and O–H groups in total. The van der Waals surface area contributed by atoms with Crippen LogP contribution in [0.2, 0.25) is 0 Å². The molecule has 1 unspecified atom stereocenters. The van der Waals surface area contributed by atoms with Crippen molar-refractivity contribution in [1.82, 2.24) is 4.90 Å². The molecule has 15 heavy (non-hydrogen) atoms. The smallest absolute Gasteiger partial charge is 0.306 e. The topological polar surface area (TPSA) is 29.5 Å². The molecule has 1 aliphatic heterocycles. The van der Waals surface area contributed by atoms with E-state index >= 15 is 0 Å². The van der Waals surface area contributed by atoms with E-state index in [2.05, 4.69) is 25.8 Å². The molecule has 88 valence electrons. The largest absolute Gasteiger partial charge is 0.469 e. The molecule has 1 heterocycles. The molecule has 0 amide bonds. The van der Waals surface area contributed by atoms with Crippen molar-refractivity contribution in [3.8, 4) is 0 Å². The molecule has 3 nitrogen and oxygen atoms in total. The molecule has 3 heteroatoms. The number of methoxy groups -OCH3 is 1. The third-order valence-electron chi connectivity index (χ3n) is 3.75. The van der Waals surface area contributed by atoms with E-state index in [-0.39, 0.29) is 11.4 Å². The third kappa shape index (κ3) is 2.94. The lowest BCUT2D eigenvalue weighted by Crippen LogP contribution is -2.45. The molecule has 0 aromatic rings. The molecule has 0 radical (unpaired) electrons. The van der Waals surface area contributed by atoms with Gasteiger partial charge in [-0.05, 0) is 37.8 Å². The van der Waals surface area contributed by atoms with E-state index < -0.39 is 0 Å². The Hall–Kier alpha value is -0.570. The van der Waals surface area contributed by atoms with Crippen molar-refractivity contribution in [2.24, 2.45) is 11.3 Å². The van der Waals surface area contributed by atoms with Gasteiger partial charge in [-0.3, -0.25) is 4.79 Å². The Balaban J connectivity index is 2.73. The summed E-state index contributed by atoms with van der Waals surface area (Å²) in [5, 5.41) is 0. The lowest BCUT2D eigenvalue weighted by atomic mass is 9.69. The minimum atomic E-state index is -0.0704. The predicted octanol–water partition coefficient (Wildman–Crippen LogP) is 1.92. The lowest BCUT2D eigenvalue weighted by molar-refractivity contribution is -0.145. The Morgan fingerprint density at radius 1 is 1.53 bits per heavy atom. The second-order valence-electron chi connectivity index (χ2n) is 5.11. The minimum Gasteiger partial charge on any atom is -0.469 e. The van der Waals surface area contributed by atoms with Gasteiger partial charge < -0.3 is 9.64 Å². The fourth-order valence-electron chi connectivity index (χ4n) is 2.58. The van der Waals surface area contributed by atoms with Crippen LogP contribution in [0.5, 0.6) is 0 Å². The van der Waals surface area contributed by atoms with Gasteiger partial charge in [0.1, 0.15) is 0 Å². The lowest BCUT2D eigenvalue weighted by Gasteiger charge is -2.44. The van der Waals surface area contributed by atoms with Crippen LogP contribution in [0.4, 0.5) is 0 Å². The monoisotopic (exact) mass is 213 g/mol. The average Bonchev–Trinajstić information content (AvgIpc) is 2.17. The summed E-state index contributed by atoms with van der Waals surface area (Å²) < 4.78 is 4.81. The molecule has 1 fully saturated rings. The van der Waals surface area contributed by atoms with Crippen LogP contribution in [0, 0.1) is 11.3 Å². The molecule has 1 aliphatic rings. The Morgan fingerprint density at radius 3 is 2.67 bits per heavy atom. The zero-order valence-electron chi connectivity index (χ0n) is 10.4. The molecule has 0 aromatic carbocycles. The van der Waals surface area contributed by atoms with Crippen molar-refractivity contribution in [2.45, 2.75) is 33.1 Å². The molecule has 1 atom stereocenters. The highest BCUT2D eigenvalue weighted by atomic mass is 16.5. The van der Waals surface area contributed by atoms with E-state index in [4.69, 9.17) is 4.74 Å². The van der Waals surface area contributed by atoms with Gasteiger partial charge in [0.25, 0.3) is 0 Å². The molecule has 1 rings (SSSR count). The summed E-state index contributed by atoms with van der Waals surface area (Å²) in [6, 6.07) is 0. The fourth-order valence-corrected chi connectivity index (χ4v) is 2.58. The van der Waals surface area contributed by atoms with Crippen LogP contribution in [-0.4, -0.2) is 38.1 Å². The van der Waals surface area contributed by atoms with E-state index in [0.717, 1.165) is 19.5 Å². The second-order valence-corrected chi connectivity index (χ2v) is 5.11. The first-order chi connectivity index (χ1) is 7.00. The summed E-state index contributed by atoms with van der Waals surface area (Å²) in [6.07, 6.45) is 2.89. The summed E-state index contributed by atoms with van der Waals surface area (Å²) in [7, 11) is 3.61. The first-order valence-corrected chi connectivity index (χ1v) is 5.75. The SMILES string of the molecule is COC(=O)CC1(C(C)C)CCCN(C)C1. The van der Waals surface area contributed by atoms with Gasteiger partial charge in [-0.15, -0.1) is 0 Å². The van der Waals surface area contributed by atoms with Crippen LogP contribution in [0.1, 0.15) is 33.1 Å². The van der Waals surface area contributed by atoms with Gasteiger partial charge in [-0.1, -0.05) is 13.8 Å². The highest BCUT2D eigenvalue weighted by Crippen LogP contribution is 2.40. The Morgan fingerprint density at radius 2 is 2.20 bits per heavy atom. The van der Waals surface area contributed by atoms with E-state index in [0.29, 0.717) is 12.3 Å². The number of esters is 1. The summed E-state index contributed by atoms with van der Waals surface area (Å²) in [4.78, 5) is 13.8. The number of nitrogens with zero attached hydrogens (tertiary/aromatic N) is 1. The van der Waals surface area contributed by atoms with Crippen molar-refractivity contribution in [3.63, 3.8) is 0 Å². The van der Waals surface area contributed by atoms with Crippen molar-refractivity contribution in [1.29, 1.82) is 0 Å². The van der Waals surface area contributed by atoms with Gasteiger partial charge >= 0.3 is 5.97 Å². The number of piperidine rings is 1. The quantitative estimate of drug-likeness (QED) is 0.671. The molecule has 0 bridgehead atoms. The maximum Gasteiger partial charge on any atom is 0.306 e. The maximum atomic E-state index is 11.5. The zero-order chi connectivity index (χ0) is 11.5. The minimum absolute atomic E-state index is 0.0704. The van der Waals surface area contributed by atoms with Crippen molar-refractivity contribution in [2.75, 3.05) is 27.2 Å². The highest BCUT2D eigenvalue weighted by molar-refractivity contribution is 5.70. The zero-order valence-corrected chi connectivity index (χ0v) is 10.4. The van der Waals surface area contributed by atoms with E-state index in [1.807, 2.05) is 0 Å². The molecule has 0 aromatic heterocycles. The van der Waals surface area contributed by atoms with Gasteiger partial charge in [0.2, 0.25) is 0 Å². The normalized spacial score (nSPS) is 28.1. The van der Waals surface area contributed by atoms with Crippen LogP contribution >= 0.6 is 0 Å². The number of hydrogen-bond acceptors (Lipinski definition) is 3. The molecule has 1 saturated heterocycles. The number of carbonyl (C=O) groups excluding carboxylic acids is 1. The summed E-state index contributed by atoms with van der Waals surface area (Å²) >= 11 is 0. The standard InChI is InChI=1S/C12H23NO2/c1-10(2)12(8-11(14)15-4)6-5-7-13(3)9-12/h10H,5-9H2,1-4H3.